The van der Waals surface area contributed by atoms with Gasteiger partial charge in [-0.2, -0.15) is 0 Å². The molecule has 0 unspecified atom stereocenters. The predicted octanol–water partition coefficient (Wildman–Crippen LogP) is 1.74. The summed E-state index contributed by atoms with van der Waals surface area (Å²) in [6.45, 7) is 3.02. The SMILES string of the molecule is COc1ccc(/C=C/CN2C[C@@H]3COC[C@]3(C(=O)O)C2)cc1. The molecule has 2 atom stereocenters. The zero-order chi connectivity index (χ0) is 15.6. The Bertz CT molecular complexity index is 569. The summed E-state index contributed by atoms with van der Waals surface area (Å²) in [5.74, 6) is 0.226. The lowest BCUT2D eigenvalue weighted by Gasteiger charge is -2.21. The summed E-state index contributed by atoms with van der Waals surface area (Å²) < 4.78 is 10.5. The molecule has 1 N–H and O–H groups in total. The molecule has 1 aromatic rings. The minimum Gasteiger partial charge on any atom is -0.497 e. The van der Waals surface area contributed by atoms with Crippen LogP contribution < -0.4 is 4.74 Å². The average Bonchev–Trinajstić information content (AvgIpc) is 3.06. The molecule has 5 heteroatoms. The first kappa shape index (κ1) is 15.1. The molecule has 0 amide bonds. The van der Waals surface area contributed by atoms with Gasteiger partial charge >= 0.3 is 5.97 Å². The first-order chi connectivity index (χ1) is 10.6. The number of carboxylic acids is 1. The topological polar surface area (TPSA) is 59.0 Å². The van der Waals surface area contributed by atoms with Crippen LogP contribution in [-0.2, 0) is 9.53 Å². The lowest BCUT2D eigenvalue weighted by Crippen LogP contribution is -2.39. The molecule has 0 aliphatic carbocycles. The van der Waals surface area contributed by atoms with Crippen molar-refractivity contribution in [2.24, 2.45) is 11.3 Å². The zero-order valence-corrected chi connectivity index (χ0v) is 12.7. The van der Waals surface area contributed by atoms with E-state index in [1.165, 1.54) is 0 Å². The van der Waals surface area contributed by atoms with Crippen molar-refractivity contribution in [3.63, 3.8) is 0 Å². The maximum atomic E-state index is 11.6. The normalized spacial score (nSPS) is 28.1. The molecule has 0 saturated carbocycles. The molecule has 0 bridgehead atoms. The molecule has 1 aromatic carbocycles. The Morgan fingerprint density at radius 3 is 2.91 bits per heavy atom. The highest BCUT2D eigenvalue weighted by Gasteiger charge is 2.55. The van der Waals surface area contributed by atoms with Crippen LogP contribution in [0.4, 0.5) is 0 Å². The third-order valence-electron chi connectivity index (χ3n) is 4.66. The van der Waals surface area contributed by atoms with Gasteiger partial charge in [0.1, 0.15) is 11.2 Å². The van der Waals surface area contributed by atoms with Crippen molar-refractivity contribution in [1.29, 1.82) is 0 Å². The Kier molecular flexibility index (Phi) is 4.18. The number of benzene rings is 1. The summed E-state index contributed by atoms with van der Waals surface area (Å²) in [5.41, 5.74) is 0.407. The summed E-state index contributed by atoms with van der Waals surface area (Å²) in [6, 6.07) is 7.86. The summed E-state index contributed by atoms with van der Waals surface area (Å²) in [7, 11) is 1.65. The molecule has 3 rings (SSSR count). The van der Waals surface area contributed by atoms with E-state index in [0.717, 1.165) is 24.4 Å². The van der Waals surface area contributed by atoms with Crippen LogP contribution >= 0.6 is 0 Å². The number of likely N-dealkylation sites (tertiary alicyclic amines) is 1. The van der Waals surface area contributed by atoms with Gasteiger partial charge in [-0.15, -0.1) is 0 Å². The first-order valence-electron chi connectivity index (χ1n) is 7.48. The lowest BCUT2D eigenvalue weighted by molar-refractivity contribution is -0.149. The van der Waals surface area contributed by atoms with E-state index < -0.39 is 11.4 Å². The van der Waals surface area contributed by atoms with E-state index in [9.17, 15) is 9.90 Å². The quantitative estimate of drug-likeness (QED) is 0.898. The van der Waals surface area contributed by atoms with Gasteiger partial charge in [-0.1, -0.05) is 24.3 Å². The van der Waals surface area contributed by atoms with Crippen molar-refractivity contribution < 1.29 is 19.4 Å². The number of aliphatic carboxylic acids is 1. The Morgan fingerprint density at radius 2 is 2.27 bits per heavy atom. The monoisotopic (exact) mass is 303 g/mol. The van der Waals surface area contributed by atoms with Crippen molar-refractivity contribution in [1.82, 2.24) is 4.90 Å². The fourth-order valence-corrected chi connectivity index (χ4v) is 3.33. The smallest absolute Gasteiger partial charge is 0.313 e. The van der Waals surface area contributed by atoms with E-state index >= 15 is 0 Å². The molecule has 22 heavy (non-hydrogen) atoms. The van der Waals surface area contributed by atoms with Gasteiger partial charge in [0.25, 0.3) is 0 Å². The Balaban J connectivity index is 1.58. The second-order valence-electron chi connectivity index (χ2n) is 6.04. The Morgan fingerprint density at radius 1 is 1.50 bits per heavy atom. The maximum absolute atomic E-state index is 11.6. The third kappa shape index (κ3) is 2.74. The van der Waals surface area contributed by atoms with Crippen molar-refractivity contribution in [3.8, 4) is 5.75 Å². The summed E-state index contributed by atoms with van der Waals surface area (Å²) in [4.78, 5) is 13.8. The molecule has 0 radical (unpaired) electrons. The number of methoxy groups -OCH3 is 1. The zero-order valence-electron chi connectivity index (χ0n) is 12.7. The van der Waals surface area contributed by atoms with Gasteiger partial charge in [0.15, 0.2) is 0 Å². The Labute approximate surface area is 130 Å². The van der Waals surface area contributed by atoms with Crippen LogP contribution in [0.15, 0.2) is 30.3 Å². The van der Waals surface area contributed by atoms with Crippen molar-refractivity contribution in [3.05, 3.63) is 35.9 Å². The van der Waals surface area contributed by atoms with Crippen LogP contribution in [0.25, 0.3) is 6.08 Å². The van der Waals surface area contributed by atoms with E-state index in [2.05, 4.69) is 17.1 Å². The Hall–Kier alpha value is -1.85. The van der Waals surface area contributed by atoms with Crippen LogP contribution in [0.3, 0.4) is 0 Å². The summed E-state index contributed by atoms with van der Waals surface area (Å²) in [6.07, 6.45) is 4.14. The highest BCUT2D eigenvalue weighted by Crippen LogP contribution is 2.41. The molecule has 5 nitrogen and oxygen atoms in total. The third-order valence-corrected chi connectivity index (χ3v) is 4.66. The number of nitrogens with zero attached hydrogens (tertiary/aromatic N) is 1. The number of ether oxygens (including phenoxy) is 2. The molecule has 0 aromatic heterocycles. The van der Waals surface area contributed by atoms with Gasteiger partial charge in [0, 0.05) is 25.6 Å². The van der Waals surface area contributed by atoms with Crippen molar-refractivity contribution in [2.45, 2.75) is 0 Å². The van der Waals surface area contributed by atoms with Crippen LogP contribution in [0.1, 0.15) is 5.56 Å². The van der Waals surface area contributed by atoms with E-state index in [1.54, 1.807) is 7.11 Å². The highest BCUT2D eigenvalue weighted by atomic mass is 16.5. The highest BCUT2D eigenvalue weighted by molar-refractivity contribution is 5.76. The molecule has 2 fully saturated rings. The van der Waals surface area contributed by atoms with Gasteiger partial charge in [-0.05, 0) is 17.7 Å². The van der Waals surface area contributed by atoms with Gasteiger partial charge < -0.3 is 14.6 Å². The molecule has 2 aliphatic heterocycles. The van der Waals surface area contributed by atoms with Crippen molar-refractivity contribution >= 4 is 12.0 Å². The molecule has 118 valence electrons. The van der Waals surface area contributed by atoms with E-state index in [4.69, 9.17) is 9.47 Å². The number of rotatable bonds is 5. The largest absolute Gasteiger partial charge is 0.497 e. The molecule has 2 saturated heterocycles. The number of hydrogen-bond acceptors (Lipinski definition) is 4. The first-order valence-corrected chi connectivity index (χ1v) is 7.48. The van der Waals surface area contributed by atoms with Gasteiger partial charge in [0.05, 0.1) is 20.3 Å². The lowest BCUT2D eigenvalue weighted by atomic mass is 9.81. The second-order valence-corrected chi connectivity index (χ2v) is 6.04. The molecule has 0 spiro atoms. The number of carboxylic acid groups (broad SMARTS) is 1. The number of carbonyl (C=O) groups is 1. The van der Waals surface area contributed by atoms with Crippen LogP contribution in [0.2, 0.25) is 0 Å². The van der Waals surface area contributed by atoms with Crippen LogP contribution in [0, 0.1) is 11.3 Å². The maximum Gasteiger partial charge on any atom is 0.313 e. The van der Waals surface area contributed by atoms with Gasteiger partial charge in [-0.25, -0.2) is 0 Å². The number of hydrogen-bond donors (Lipinski definition) is 1. The summed E-state index contributed by atoms with van der Waals surface area (Å²) in [5, 5.41) is 9.51. The van der Waals surface area contributed by atoms with Gasteiger partial charge in [0.2, 0.25) is 0 Å². The minimum absolute atomic E-state index is 0.111. The number of fused-ring (bicyclic) bond motifs is 1. The van der Waals surface area contributed by atoms with E-state index in [-0.39, 0.29) is 5.92 Å². The molecule has 2 heterocycles. The standard InChI is InChI=1S/C17H21NO4/c1-21-15-6-4-13(5-7-15)3-2-8-18-9-14-10-22-12-17(14,11-18)16(19)20/h2-7,14H,8-12H2,1H3,(H,19,20)/b3-2+/t14-,17-/m1/s1. The van der Waals surface area contributed by atoms with Crippen molar-refractivity contribution in [2.75, 3.05) is 40.0 Å². The van der Waals surface area contributed by atoms with E-state index in [0.29, 0.717) is 19.8 Å². The summed E-state index contributed by atoms with van der Waals surface area (Å²) >= 11 is 0. The molecular weight excluding hydrogens is 282 g/mol. The van der Waals surface area contributed by atoms with Crippen LogP contribution in [-0.4, -0.2) is 55.9 Å². The fraction of sp³-hybridized carbons (Fsp3) is 0.471. The average molecular weight is 303 g/mol. The molecule has 2 aliphatic rings. The van der Waals surface area contributed by atoms with E-state index in [1.807, 2.05) is 24.3 Å². The second kappa shape index (κ2) is 6.10. The van der Waals surface area contributed by atoms with Crippen LogP contribution in [0.5, 0.6) is 5.75 Å². The van der Waals surface area contributed by atoms with Gasteiger partial charge in [-0.3, -0.25) is 9.69 Å². The predicted molar refractivity (Wildman–Crippen MR) is 82.8 cm³/mol. The fourth-order valence-electron chi connectivity index (χ4n) is 3.33. The molecular formula is C17H21NO4. The minimum atomic E-state index is -0.725.